The highest BCUT2D eigenvalue weighted by Gasteiger charge is 2.37. The first kappa shape index (κ1) is 24.4. The molecule has 0 saturated heterocycles. The minimum Gasteiger partial charge on any atom is -0.356 e. The second-order valence-corrected chi connectivity index (χ2v) is 8.51. The fourth-order valence-electron chi connectivity index (χ4n) is 4.06. The van der Waals surface area contributed by atoms with Crippen LogP contribution in [0.3, 0.4) is 0 Å². The molecule has 11 heteroatoms. The summed E-state index contributed by atoms with van der Waals surface area (Å²) in [6, 6.07) is 10.0. The van der Waals surface area contributed by atoms with Crippen LogP contribution < -0.4 is 5.32 Å². The molecule has 0 spiro atoms. The molecule has 0 aliphatic heterocycles. The zero-order valence-corrected chi connectivity index (χ0v) is 19.9. The van der Waals surface area contributed by atoms with Crippen molar-refractivity contribution in [3.05, 3.63) is 70.1 Å². The Bertz CT molecular complexity index is 1370. The summed E-state index contributed by atoms with van der Waals surface area (Å²) in [5.74, 6) is -1.48. The predicted molar refractivity (Wildman–Crippen MR) is 123 cm³/mol. The molecule has 3 heterocycles. The fraction of sp³-hybridized carbons (Fsp3) is 0.375. The van der Waals surface area contributed by atoms with Gasteiger partial charge < -0.3 is 5.32 Å². The van der Waals surface area contributed by atoms with E-state index >= 15 is 0 Å². The molecule has 0 radical (unpaired) electrons. The molecular weight excluding hydrogens is 459 g/mol. The number of halogens is 3. The molecule has 3 aromatic heterocycles. The standard InChI is InChI=1S/C24H26F3N7O/c1-14-13-15(2)33(31-14)19-7-5-18(6-8-19)11-12-28-21(35)10-9-20-16(3)29-23-30-22(24(25,26)27)32-34(23)17(20)4/h5-8,13H,9-12H2,1-4H3,(H,28,35). The molecule has 184 valence electrons. The molecule has 35 heavy (non-hydrogen) atoms. The number of hydrogen-bond acceptors (Lipinski definition) is 5. The van der Waals surface area contributed by atoms with Crippen LogP contribution in [0.25, 0.3) is 11.5 Å². The van der Waals surface area contributed by atoms with Gasteiger partial charge in [-0.3, -0.25) is 4.79 Å². The lowest BCUT2D eigenvalue weighted by molar-refractivity contribution is -0.144. The molecule has 4 rings (SSSR count). The Morgan fingerprint density at radius 1 is 1.00 bits per heavy atom. The summed E-state index contributed by atoms with van der Waals surface area (Å²) >= 11 is 0. The van der Waals surface area contributed by atoms with Gasteiger partial charge in [0.2, 0.25) is 5.91 Å². The van der Waals surface area contributed by atoms with Crippen LogP contribution in [0.4, 0.5) is 13.2 Å². The van der Waals surface area contributed by atoms with Crippen LogP contribution in [0, 0.1) is 27.7 Å². The van der Waals surface area contributed by atoms with E-state index in [-0.39, 0.29) is 18.1 Å². The highest BCUT2D eigenvalue weighted by atomic mass is 19.4. The SMILES string of the molecule is Cc1cc(C)n(-c2ccc(CCNC(=O)CCc3c(C)nc4nc(C(F)(F)F)nn4c3C)cc2)n1. The number of nitrogens with one attached hydrogen (secondary N) is 1. The summed E-state index contributed by atoms with van der Waals surface area (Å²) in [6.45, 7) is 7.78. The van der Waals surface area contributed by atoms with Crippen molar-refractivity contribution in [3.63, 3.8) is 0 Å². The Balaban J connectivity index is 1.32. The van der Waals surface area contributed by atoms with Gasteiger partial charge in [-0.25, -0.2) is 14.2 Å². The van der Waals surface area contributed by atoms with Crippen molar-refractivity contribution in [2.75, 3.05) is 6.54 Å². The summed E-state index contributed by atoms with van der Waals surface area (Å²) in [7, 11) is 0. The lowest BCUT2D eigenvalue weighted by Gasteiger charge is -2.11. The molecule has 1 N–H and O–H groups in total. The van der Waals surface area contributed by atoms with E-state index < -0.39 is 12.0 Å². The Hall–Kier alpha value is -3.76. The first-order chi connectivity index (χ1) is 16.5. The Morgan fingerprint density at radius 2 is 1.71 bits per heavy atom. The van der Waals surface area contributed by atoms with E-state index in [9.17, 15) is 18.0 Å². The highest BCUT2D eigenvalue weighted by molar-refractivity contribution is 5.76. The zero-order chi connectivity index (χ0) is 25.3. The van der Waals surface area contributed by atoms with Gasteiger partial charge in [0.05, 0.1) is 11.4 Å². The third kappa shape index (κ3) is 5.33. The van der Waals surface area contributed by atoms with Crippen LogP contribution in [0.15, 0.2) is 30.3 Å². The Morgan fingerprint density at radius 3 is 2.34 bits per heavy atom. The van der Waals surface area contributed by atoms with Gasteiger partial charge in [-0.2, -0.15) is 23.3 Å². The van der Waals surface area contributed by atoms with E-state index in [0.29, 0.717) is 36.3 Å². The van der Waals surface area contributed by atoms with Gasteiger partial charge in [-0.15, -0.1) is 5.10 Å². The zero-order valence-electron chi connectivity index (χ0n) is 19.9. The molecule has 0 saturated carbocycles. The lowest BCUT2D eigenvalue weighted by Crippen LogP contribution is -2.26. The maximum absolute atomic E-state index is 12.9. The van der Waals surface area contributed by atoms with Crippen LogP contribution in [-0.2, 0) is 23.8 Å². The van der Waals surface area contributed by atoms with Crippen LogP contribution in [-0.4, -0.2) is 41.8 Å². The van der Waals surface area contributed by atoms with Gasteiger partial charge in [0.25, 0.3) is 11.6 Å². The van der Waals surface area contributed by atoms with Crippen molar-refractivity contribution in [1.82, 2.24) is 34.7 Å². The van der Waals surface area contributed by atoms with Crippen molar-refractivity contribution in [2.24, 2.45) is 0 Å². The molecule has 0 bridgehead atoms. The van der Waals surface area contributed by atoms with Gasteiger partial charge in [0.1, 0.15) is 0 Å². The molecule has 0 aliphatic rings. The number of alkyl halides is 3. The van der Waals surface area contributed by atoms with Gasteiger partial charge in [0, 0.05) is 30.0 Å². The van der Waals surface area contributed by atoms with E-state index in [1.165, 1.54) is 0 Å². The van der Waals surface area contributed by atoms with Crippen LogP contribution in [0.2, 0.25) is 0 Å². The molecule has 0 atom stereocenters. The number of carbonyl (C=O) groups excluding carboxylic acids is 1. The number of nitrogens with zero attached hydrogens (tertiary/aromatic N) is 6. The topological polar surface area (TPSA) is 90.0 Å². The van der Waals surface area contributed by atoms with E-state index in [1.807, 2.05) is 48.9 Å². The van der Waals surface area contributed by atoms with Gasteiger partial charge in [-0.1, -0.05) is 12.1 Å². The van der Waals surface area contributed by atoms with Gasteiger partial charge in [-0.05, 0) is 69.9 Å². The van der Waals surface area contributed by atoms with Crippen molar-refractivity contribution < 1.29 is 18.0 Å². The predicted octanol–water partition coefficient (Wildman–Crippen LogP) is 3.85. The number of carbonyl (C=O) groups is 1. The van der Waals surface area contributed by atoms with Crippen LogP contribution in [0.1, 0.15) is 46.1 Å². The minimum atomic E-state index is -4.65. The average molecular weight is 486 g/mol. The van der Waals surface area contributed by atoms with E-state index in [4.69, 9.17) is 0 Å². The maximum Gasteiger partial charge on any atom is 0.453 e. The monoisotopic (exact) mass is 485 g/mol. The Kier molecular flexibility index (Phi) is 6.60. The van der Waals surface area contributed by atoms with E-state index in [0.717, 1.165) is 27.2 Å². The lowest BCUT2D eigenvalue weighted by atomic mass is 10.1. The highest BCUT2D eigenvalue weighted by Crippen LogP contribution is 2.27. The van der Waals surface area contributed by atoms with E-state index in [2.05, 4.69) is 25.5 Å². The summed E-state index contributed by atoms with van der Waals surface area (Å²) in [5.41, 5.74) is 5.80. The third-order valence-electron chi connectivity index (χ3n) is 5.83. The maximum atomic E-state index is 12.9. The number of aromatic nitrogens is 6. The molecule has 0 fully saturated rings. The summed E-state index contributed by atoms with van der Waals surface area (Å²) in [4.78, 5) is 20.0. The number of hydrogen-bond donors (Lipinski definition) is 1. The molecule has 8 nitrogen and oxygen atoms in total. The van der Waals surface area contributed by atoms with Crippen LogP contribution in [0.5, 0.6) is 0 Å². The van der Waals surface area contributed by atoms with Crippen molar-refractivity contribution in [2.45, 2.75) is 53.1 Å². The van der Waals surface area contributed by atoms with Crippen LogP contribution >= 0.6 is 0 Å². The van der Waals surface area contributed by atoms with Crippen molar-refractivity contribution >= 4 is 11.7 Å². The molecule has 0 aliphatic carbocycles. The number of benzene rings is 1. The average Bonchev–Trinajstić information content (AvgIpc) is 3.37. The molecular formula is C24H26F3N7O. The first-order valence-corrected chi connectivity index (χ1v) is 11.2. The largest absolute Gasteiger partial charge is 0.453 e. The second kappa shape index (κ2) is 9.47. The van der Waals surface area contributed by atoms with Gasteiger partial charge >= 0.3 is 6.18 Å². The minimum absolute atomic E-state index is 0.107. The number of rotatable bonds is 7. The normalized spacial score (nSPS) is 11.9. The number of fused-ring (bicyclic) bond motifs is 1. The molecule has 1 amide bonds. The smallest absolute Gasteiger partial charge is 0.356 e. The Labute approximate surface area is 200 Å². The third-order valence-corrected chi connectivity index (χ3v) is 5.83. The van der Waals surface area contributed by atoms with Gasteiger partial charge in [0.15, 0.2) is 0 Å². The quantitative estimate of drug-likeness (QED) is 0.430. The molecule has 4 aromatic rings. The van der Waals surface area contributed by atoms with E-state index in [1.54, 1.807) is 13.8 Å². The van der Waals surface area contributed by atoms with Crippen molar-refractivity contribution in [3.8, 4) is 5.69 Å². The summed E-state index contributed by atoms with van der Waals surface area (Å²) in [5, 5.41) is 10.9. The summed E-state index contributed by atoms with van der Waals surface area (Å²) < 4.78 is 41.8. The first-order valence-electron chi connectivity index (χ1n) is 11.2. The molecule has 1 aromatic carbocycles. The molecule has 0 unspecified atom stereocenters. The number of aryl methyl sites for hydroxylation is 4. The van der Waals surface area contributed by atoms with Crippen molar-refractivity contribution in [1.29, 1.82) is 0 Å². The fourth-order valence-corrected chi connectivity index (χ4v) is 4.06. The second-order valence-electron chi connectivity index (χ2n) is 8.51. The number of amides is 1. The summed E-state index contributed by atoms with van der Waals surface area (Å²) in [6.07, 6.45) is -3.45.